The first-order valence-electron chi connectivity index (χ1n) is 6.20. The van der Waals surface area contributed by atoms with Gasteiger partial charge in [0.2, 0.25) is 0 Å². The Morgan fingerprint density at radius 2 is 1.65 bits per heavy atom. The van der Waals surface area contributed by atoms with E-state index in [9.17, 15) is 18.0 Å². The van der Waals surface area contributed by atoms with Crippen molar-refractivity contribution in [1.82, 2.24) is 0 Å². The molecule has 1 aliphatic carbocycles. The SMILES string of the molecule is NCC1(C(=O)CCC(F)(F)F)CCCCCC1. The van der Waals surface area contributed by atoms with Crippen LogP contribution in [0.4, 0.5) is 13.2 Å². The number of alkyl halides is 3. The van der Waals surface area contributed by atoms with Gasteiger partial charge in [-0.3, -0.25) is 4.79 Å². The molecule has 1 rings (SSSR count). The van der Waals surface area contributed by atoms with Crippen LogP contribution in [0.3, 0.4) is 0 Å². The predicted molar refractivity (Wildman–Crippen MR) is 59.5 cm³/mol. The van der Waals surface area contributed by atoms with Crippen molar-refractivity contribution in [3.8, 4) is 0 Å². The summed E-state index contributed by atoms with van der Waals surface area (Å²) < 4.78 is 36.3. The van der Waals surface area contributed by atoms with Crippen LogP contribution in [0.1, 0.15) is 51.4 Å². The largest absolute Gasteiger partial charge is 0.389 e. The summed E-state index contributed by atoms with van der Waals surface area (Å²) in [7, 11) is 0. The van der Waals surface area contributed by atoms with Crippen LogP contribution in [-0.4, -0.2) is 18.5 Å². The van der Waals surface area contributed by atoms with Crippen molar-refractivity contribution >= 4 is 5.78 Å². The summed E-state index contributed by atoms with van der Waals surface area (Å²) in [5.74, 6) is -0.292. The molecule has 0 spiro atoms. The maximum atomic E-state index is 12.1. The Kier molecular flexibility index (Phi) is 4.98. The van der Waals surface area contributed by atoms with Crippen molar-refractivity contribution in [2.24, 2.45) is 11.1 Å². The third kappa shape index (κ3) is 4.30. The average Bonchev–Trinajstić information content (AvgIpc) is 2.51. The van der Waals surface area contributed by atoms with Gasteiger partial charge in [-0.25, -0.2) is 0 Å². The number of hydrogen-bond donors (Lipinski definition) is 1. The molecule has 100 valence electrons. The highest BCUT2D eigenvalue weighted by atomic mass is 19.4. The molecule has 0 unspecified atom stereocenters. The maximum Gasteiger partial charge on any atom is 0.389 e. The third-order valence-electron chi connectivity index (χ3n) is 3.68. The van der Waals surface area contributed by atoms with Crippen LogP contribution in [0.2, 0.25) is 0 Å². The van der Waals surface area contributed by atoms with Crippen LogP contribution in [0.15, 0.2) is 0 Å². The molecule has 1 fully saturated rings. The molecule has 0 aromatic rings. The van der Waals surface area contributed by atoms with Crippen LogP contribution < -0.4 is 5.73 Å². The van der Waals surface area contributed by atoms with Gasteiger partial charge in [-0.2, -0.15) is 13.2 Å². The molecule has 1 aliphatic rings. The number of rotatable bonds is 4. The average molecular weight is 251 g/mol. The highest BCUT2D eigenvalue weighted by molar-refractivity contribution is 5.85. The van der Waals surface area contributed by atoms with Crippen molar-refractivity contribution in [2.75, 3.05) is 6.54 Å². The van der Waals surface area contributed by atoms with E-state index >= 15 is 0 Å². The van der Waals surface area contributed by atoms with Gasteiger partial charge in [-0.05, 0) is 12.8 Å². The topological polar surface area (TPSA) is 43.1 Å². The number of carbonyl (C=O) groups excluding carboxylic acids is 1. The summed E-state index contributed by atoms with van der Waals surface area (Å²) in [6.45, 7) is 0.184. The molecule has 0 atom stereocenters. The molecule has 2 N–H and O–H groups in total. The lowest BCUT2D eigenvalue weighted by atomic mass is 9.75. The molecule has 17 heavy (non-hydrogen) atoms. The molecule has 0 saturated heterocycles. The summed E-state index contributed by atoms with van der Waals surface area (Å²) in [5.41, 5.74) is 4.97. The lowest BCUT2D eigenvalue weighted by molar-refractivity contribution is -0.147. The molecule has 0 aromatic carbocycles. The molecule has 0 aromatic heterocycles. The first-order valence-corrected chi connectivity index (χ1v) is 6.20. The van der Waals surface area contributed by atoms with Crippen LogP contribution >= 0.6 is 0 Å². The van der Waals surface area contributed by atoms with Crippen molar-refractivity contribution in [1.29, 1.82) is 0 Å². The fraction of sp³-hybridized carbons (Fsp3) is 0.917. The first-order chi connectivity index (χ1) is 7.90. The second kappa shape index (κ2) is 5.85. The van der Waals surface area contributed by atoms with E-state index in [0.29, 0.717) is 12.8 Å². The summed E-state index contributed by atoms with van der Waals surface area (Å²) in [6, 6.07) is 0. The quantitative estimate of drug-likeness (QED) is 0.780. The van der Waals surface area contributed by atoms with Crippen molar-refractivity contribution in [3.05, 3.63) is 0 Å². The molecule has 2 nitrogen and oxygen atoms in total. The van der Waals surface area contributed by atoms with E-state index in [4.69, 9.17) is 5.73 Å². The molecular formula is C12H20F3NO. The molecule has 0 aliphatic heterocycles. The van der Waals surface area contributed by atoms with Gasteiger partial charge in [0, 0.05) is 18.4 Å². The molecule has 0 heterocycles. The molecule has 0 radical (unpaired) electrons. The number of nitrogens with two attached hydrogens (primary N) is 1. The second-order valence-corrected chi connectivity index (χ2v) is 4.94. The maximum absolute atomic E-state index is 12.1. The zero-order valence-corrected chi connectivity index (χ0v) is 9.98. The zero-order valence-electron chi connectivity index (χ0n) is 9.98. The third-order valence-corrected chi connectivity index (χ3v) is 3.68. The Bertz CT molecular complexity index is 255. The van der Waals surface area contributed by atoms with E-state index in [0.717, 1.165) is 25.7 Å². The Morgan fingerprint density at radius 1 is 1.12 bits per heavy atom. The number of carbonyl (C=O) groups is 1. The van der Waals surface area contributed by atoms with E-state index in [2.05, 4.69) is 0 Å². The van der Waals surface area contributed by atoms with E-state index in [-0.39, 0.29) is 12.3 Å². The summed E-state index contributed by atoms with van der Waals surface area (Å²) in [6.07, 6.45) is -0.489. The van der Waals surface area contributed by atoms with Crippen LogP contribution in [-0.2, 0) is 4.79 Å². The summed E-state index contributed by atoms with van der Waals surface area (Å²) >= 11 is 0. The molecular weight excluding hydrogens is 231 g/mol. The predicted octanol–water partition coefficient (Wildman–Crippen LogP) is 3.20. The standard InChI is InChI=1S/C12H20F3NO/c13-12(14,15)8-5-10(17)11(9-16)6-3-1-2-4-7-11/h1-9,16H2. The number of ketones is 1. The van der Waals surface area contributed by atoms with E-state index in [1.807, 2.05) is 0 Å². The van der Waals surface area contributed by atoms with Gasteiger partial charge in [0.25, 0.3) is 0 Å². The number of Topliss-reactive ketones (excluding diaryl/α,β-unsaturated/α-hetero) is 1. The highest BCUT2D eigenvalue weighted by Crippen LogP contribution is 2.37. The summed E-state index contributed by atoms with van der Waals surface area (Å²) in [4.78, 5) is 12.0. The fourth-order valence-electron chi connectivity index (χ4n) is 2.52. The second-order valence-electron chi connectivity index (χ2n) is 4.94. The van der Waals surface area contributed by atoms with Gasteiger partial charge in [0.15, 0.2) is 0 Å². The van der Waals surface area contributed by atoms with Gasteiger partial charge in [0.1, 0.15) is 5.78 Å². The molecule has 5 heteroatoms. The lowest BCUT2D eigenvalue weighted by Gasteiger charge is -2.29. The van der Waals surface area contributed by atoms with Gasteiger partial charge >= 0.3 is 6.18 Å². The number of halogens is 3. The minimum absolute atomic E-state index is 0.184. The van der Waals surface area contributed by atoms with Gasteiger partial charge in [0.05, 0.1) is 6.42 Å². The normalized spacial score (nSPS) is 20.9. The van der Waals surface area contributed by atoms with Gasteiger partial charge < -0.3 is 5.73 Å². The molecule has 0 bridgehead atoms. The molecule has 1 saturated carbocycles. The van der Waals surface area contributed by atoms with Gasteiger partial charge in [-0.15, -0.1) is 0 Å². The monoisotopic (exact) mass is 251 g/mol. The Hall–Kier alpha value is -0.580. The van der Waals surface area contributed by atoms with E-state index < -0.39 is 24.4 Å². The van der Waals surface area contributed by atoms with Crippen LogP contribution in [0, 0.1) is 5.41 Å². The minimum Gasteiger partial charge on any atom is -0.329 e. The Labute approximate surface area is 99.7 Å². The van der Waals surface area contributed by atoms with E-state index in [1.165, 1.54) is 0 Å². The van der Waals surface area contributed by atoms with Crippen molar-refractivity contribution in [2.45, 2.75) is 57.5 Å². The first kappa shape index (κ1) is 14.5. The van der Waals surface area contributed by atoms with Crippen LogP contribution in [0.5, 0.6) is 0 Å². The molecule has 0 amide bonds. The van der Waals surface area contributed by atoms with Crippen molar-refractivity contribution < 1.29 is 18.0 Å². The van der Waals surface area contributed by atoms with E-state index in [1.54, 1.807) is 0 Å². The van der Waals surface area contributed by atoms with Crippen LogP contribution in [0.25, 0.3) is 0 Å². The minimum atomic E-state index is -4.25. The Morgan fingerprint density at radius 3 is 2.06 bits per heavy atom. The lowest BCUT2D eigenvalue weighted by Crippen LogP contribution is -2.38. The van der Waals surface area contributed by atoms with Crippen molar-refractivity contribution in [3.63, 3.8) is 0 Å². The summed E-state index contributed by atoms with van der Waals surface area (Å²) in [5, 5.41) is 0. The fourth-order valence-corrected chi connectivity index (χ4v) is 2.52. The highest BCUT2D eigenvalue weighted by Gasteiger charge is 2.38. The van der Waals surface area contributed by atoms with Gasteiger partial charge in [-0.1, -0.05) is 25.7 Å². The Balaban J connectivity index is 2.61. The number of hydrogen-bond acceptors (Lipinski definition) is 2. The zero-order chi connectivity index (χ0) is 12.9. The smallest absolute Gasteiger partial charge is 0.329 e.